The first-order valence-corrected chi connectivity index (χ1v) is 8.02. The van der Waals surface area contributed by atoms with Crippen molar-refractivity contribution in [1.82, 2.24) is 4.98 Å². The minimum Gasteiger partial charge on any atom is -0.322 e. The number of carbonyl (C=O) groups excluding carboxylic acids is 1. The van der Waals surface area contributed by atoms with Gasteiger partial charge in [0, 0.05) is 11.8 Å². The predicted octanol–water partition coefficient (Wildman–Crippen LogP) is 4.28. The van der Waals surface area contributed by atoms with E-state index in [1.807, 2.05) is 24.3 Å². The summed E-state index contributed by atoms with van der Waals surface area (Å²) in [6, 6.07) is 8.92. The number of unbranched alkanes of at least 4 members (excludes halogenated alkanes) is 2. The Kier molecular flexibility index (Phi) is 6.01. The molecule has 0 saturated carbocycles. The largest absolute Gasteiger partial charge is 0.322 e. The number of hydrogen-bond acceptors (Lipinski definition) is 4. The van der Waals surface area contributed by atoms with Gasteiger partial charge in [-0.1, -0.05) is 31.9 Å². The Bertz CT molecular complexity index is 727. The summed E-state index contributed by atoms with van der Waals surface area (Å²) in [6.07, 6.45) is 5.72. The lowest BCUT2D eigenvalue weighted by molar-refractivity contribution is -0.385. The van der Waals surface area contributed by atoms with Gasteiger partial charge in [0.15, 0.2) is 0 Å². The van der Waals surface area contributed by atoms with Gasteiger partial charge in [-0.2, -0.15) is 0 Å². The molecule has 1 aromatic heterocycles. The van der Waals surface area contributed by atoms with E-state index in [1.54, 1.807) is 6.92 Å². The van der Waals surface area contributed by atoms with E-state index in [1.165, 1.54) is 24.5 Å². The van der Waals surface area contributed by atoms with Crippen molar-refractivity contribution < 1.29 is 9.72 Å². The summed E-state index contributed by atoms with van der Waals surface area (Å²) in [5.74, 6) is -0.401. The number of nitrogens with zero attached hydrogens (tertiary/aromatic N) is 2. The molecule has 0 spiro atoms. The summed E-state index contributed by atoms with van der Waals surface area (Å²) in [5, 5.41) is 13.6. The monoisotopic (exact) mass is 327 g/mol. The normalized spacial score (nSPS) is 10.4. The molecule has 6 heteroatoms. The van der Waals surface area contributed by atoms with Crippen LogP contribution in [0, 0.1) is 17.0 Å². The SMILES string of the molecule is CCCCCc1ccc(NC(=O)c2cc([N+](=O)[O-])cnc2C)cc1. The maximum absolute atomic E-state index is 12.3. The number of nitrogens with one attached hydrogen (secondary N) is 1. The van der Waals surface area contributed by atoms with Crippen molar-refractivity contribution in [3.05, 3.63) is 63.5 Å². The number of nitro groups is 1. The highest BCUT2D eigenvalue weighted by molar-refractivity contribution is 6.05. The first kappa shape index (κ1) is 17.6. The van der Waals surface area contributed by atoms with Gasteiger partial charge in [-0.05, 0) is 37.5 Å². The van der Waals surface area contributed by atoms with Crippen molar-refractivity contribution in [2.75, 3.05) is 5.32 Å². The molecule has 2 rings (SSSR count). The standard InChI is InChI=1S/C18H21N3O3/c1-3-4-5-6-14-7-9-15(10-8-14)20-18(22)17-11-16(21(23)24)12-19-13(17)2/h7-12H,3-6H2,1-2H3,(H,20,22). The van der Waals surface area contributed by atoms with Crippen LogP contribution in [-0.4, -0.2) is 15.8 Å². The van der Waals surface area contributed by atoms with Gasteiger partial charge in [0.1, 0.15) is 6.20 Å². The van der Waals surface area contributed by atoms with Gasteiger partial charge < -0.3 is 5.32 Å². The molecule has 0 aliphatic rings. The zero-order chi connectivity index (χ0) is 17.5. The lowest BCUT2D eigenvalue weighted by atomic mass is 10.1. The van der Waals surface area contributed by atoms with Crippen LogP contribution >= 0.6 is 0 Å². The minimum absolute atomic E-state index is 0.197. The molecule has 1 aromatic carbocycles. The third-order valence-corrected chi connectivity index (χ3v) is 3.81. The van der Waals surface area contributed by atoms with Gasteiger partial charge >= 0.3 is 0 Å². The average molecular weight is 327 g/mol. The summed E-state index contributed by atoms with van der Waals surface area (Å²) in [4.78, 5) is 26.5. The lowest BCUT2D eigenvalue weighted by Crippen LogP contribution is -2.14. The number of aryl methyl sites for hydroxylation is 2. The van der Waals surface area contributed by atoms with Crippen LogP contribution in [0.25, 0.3) is 0 Å². The van der Waals surface area contributed by atoms with Crippen LogP contribution in [0.5, 0.6) is 0 Å². The maximum Gasteiger partial charge on any atom is 0.288 e. The van der Waals surface area contributed by atoms with E-state index in [0.29, 0.717) is 11.4 Å². The molecule has 24 heavy (non-hydrogen) atoms. The van der Waals surface area contributed by atoms with Gasteiger partial charge in [-0.25, -0.2) is 0 Å². The van der Waals surface area contributed by atoms with Gasteiger partial charge in [0.05, 0.1) is 16.2 Å². The molecule has 0 fully saturated rings. The van der Waals surface area contributed by atoms with Gasteiger partial charge in [-0.3, -0.25) is 19.9 Å². The van der Waals surface area contributed by atoms with Crippen molar-refractivity contribution in [3.63, 3.8) is 0 Å². The Balaban J connectivity index is 2.07. The molecule has 0 aliphatic heterocycles. The molecule has 1 heterocycles. The Morgan fingerprint density at radius 2 is 1.96 bits per heavy atom. The van der Waals surface area contributed by atoms with Crippen molar-refractivity contribution >= 4 is 17.3 Å². The summed E-state index contributed by atoms with van der Waals surface area (Å²) in [7, 11) is 0. The molecule has 0 radical (unpaired) electrons. The van der Waals surface area contributed by atoms with E-state index in [9.17, 15) is 14.9 Å². The van der Waals surface area contributed by atoms with E-state index in [-0.39, 0.29) is 11.3 Å². The Morgan fingerprint density at radius 1 is 1.25 bits per heavy atom. The van der Waals surface area contributed by atoms with Crippen LogP contribution in [0.1, 0.15) is 47.8 Å². The molecular formula is C18H21N3O3. The lowest BCUT2D eigenvalue weighted by Gasteiger charge is -2.08. The molecule has 1 N–H and O–H groups in total. The number of carbonyl (C=O) groups is 1. The van der Waals surface area contributed by atoms with Crippen molar-refractivity contribution in [3.8, 4) is 0 Å². The molecule has 2 aromatic rings. The van der Waals surface area contributed by atoms with Crippen LogP contribution in [-0.2, 0) is 6.42 Å². The molecule has 126 valence electrons. The number of aromatic nitrogens is 1. The van der Waals surface area contributed by atoms with Crippen molar-refractivity contribution in [2.24, 2.45) is 0 Å². The fourth-order valence-electron chi connectivity index (χ4n) is 2.38. The van der Waals surface area contributed by atoms with Crippen LogP contribution in [0.2, 0.25) is 0 Å². The van der Waals surface area contributed by atoms with E-state index in [2.05, 4.69) is 17.2 Å². The third-order valence-electron chi connectivity index (χ3n) is 3.81. The van der Waals surface area contributed by atoms with Crippen LogP contribution < -0.4 is 5.32 Å². The zero-order valence-corrected chi connectivity index (χ0v) is 13.9. The van der Waals surface area contributed by atoms with Gasteiger partial charge in [0.2, 0.25) is 0 Å². The molecule has 0 bridgehead atoms. The third kappa shape index (κ3) is 4.62. The highest BCUT2D eigenvalue weighted by Crippen LogP contribution is 2.17. The molecule has 0 saturated heterocycles. The highest BCUT2D eigenvalue weighted by Gasteiger charge is 2.16. The topological polar surface area (TPSA) is 85.1 Å². The summed E-state index contributed by atoms with van der Waals surface area (Å²) >= 11 is 0. The summed E-state index contributed by atoms with van der Waals surface area (Å²) in [6.45, 7) is 3.82. The summed E-state index contributed by atoms with van der Waals surface area (Å²) in [5.41, 5.74) is 2.35. The minimum atomic E-state index is -0.561. The first-order chi connectivity index (χ1) is 11.5. The fraction of sp³-hybridized carbons (Fsp3) is 0.333. The van der Waals surface area contributed by atoms with Gasteiger partial charge in [-0.15, -0.1) is 0 Å². The Morgan fingerprint density at radius 3 is 2.58 bits per heavy atom. The van der Waals surface area contributed by atoms with Crippen molar-refractivity contribution in [1.29, 1.82) is 0 Å². The number of amides is 1. The number of anilines is 1. The number of benzene rings is 1. The van der Waals surface area contributed by atoms with Crippen LogP contribution in [0.4, 0.5) is 11.4 Å². The number of hydrogen-bond donors (Lipinski definition) is 1. The summed E-state index contributed by atoms with van der Waals surface area (Å²) < 4.78 is 0. The second-order valence-corrected chi connectivity index (χ2v) is 5.69. The smallest absolute Gasteiger partial charge is 0.288 e. The van der Waals surface area contributed by atoms with E-state index in [4.69, 9.17) is 0 Å². The Labute approximate surface area is 141 Å². The van der Waals surface area contributed by atoms with E-state index < -0.39 is 10.8 Å². The van der Waals surface area contributed by atoms with Crippen molar-refractivity contribution in [2.45, 2.75) is 39.5 Å². The van der Waals surface area contributed by atoms with E-state index in [0.717, 1.165) is 19.0 Å². The quantitative estimate of drug-likeness (QED) is 0.467. The number of pyridine rings is 1. The molecule has 0 aliphatic carbocycles. The molecule has 0 unspecified atom stereocenters. The molecule has 1 amide bonds. The van der Waals surface area contributed by atoms with Crippen LogP contribution in [0.3, 0.4) is 0 Å². The molecule has 0 atom stereocenters. The second-order valence-electron chi connectivity index (χ2n) is 5.69. The highest BCUT2D eigenvalue weighted by atomic mass is 16.6. The fourth-order valence-corrected chi connectivity index (χ4v) is 2.38. The van der Waals surface area contributed by atoms with E-state index >= 15 is 0 Å². The Hall–Kier alpha value is -2.76. The zero-order valence-electron chi connectivity index (χ0n) is 13.9. The predicted molar refractivity (Wildman–Crippen MR) is 93.3 cm³/mol. The number of rotatable bonds is 7. The second kappa shape index (κ2) is 8.19. The maximum atomic E-state index is 12.3. The molecule has 6 nitrogen and oxygen atoms in total. The van der Waals surface area contributed by atoms with Gasteiger partial charge in [0.25, 0.3) is 11.6 Å². The first-order valence-electron chi connectivity index (χ1n) is 8.02. The van der Waals surface area contributed by atoms with Crippen LogP contribution in [0.15, 0.2) is 36.5 Å². The average Bonchev–Trinajstić information content (AvgIpc) is 2.56. The molecular weight excluding hydrogens is 306 g/mol.